The van der Waals surface area contributed by atoms with Gasteiger partial charge in [-0.3, -0.25) is 4.79 Å². The van der Waals surface area contributed by atoms with E-state index in [1.807, 2.05) is 6.26 Å². The third-order valence-corrected chi connectivity index (χ3v) is 28.6. The van der Waals surface area contributed by atoms with Gasteiger partial charge in [0.05, 0.1) is 0 Å². The minimum atomic E-state index is -1.82. The first-order chi connectivity index (χ1) is 19.6. The lowest BCUT2D eigenvalue weighted by Crippen LogP contribution is -2.42. The Kier molecular flexibility index (Phi) is 22.3. The van der Waals surface area contributed by atoms with Crippen LogP contribution < -0.4 is 0 Å². The van der Waals surface area contributed by atoms with Crippen molar-refractivity contribution in [2.45, 2.75) is 175 Å². The van der Waals surface area contributed by atoms with Gasteiger partial charge in [-0.05, 0) is 92.2 Å². The molecule has 0 aliphatic carbocycles. The smallest absolute Gasteiger partial charge is 0.317 e. The van der Waals surface area contributed by atoms with Gasteiger partial charge in [-0.25, -0.2) is 0 Å². The van der Waals surface area contributed by atoms with Crippen molar-refractivity contribution >= 4 is 47.6 Å². The van der Waals surface area contributed by atoms with E-state index in [4.69, 9.17) is 22.1 Å². The van der Waals surface area contributed by atoms with E-state index < -0.39 is 41.6 Å². The van der Waals surface area contributed by atoms with E-state index in [2.05, 4.69) is 103 Å². The Morgan fingerprint density at radius 3 is 1.12 bits per heavy atom. The molecule has 0 bridgehead atoms. The molecule has 252 valence electrons. The van der Waals surface area contributed by atoms with Crippen LogP contribution in [0.5, 0.6) is 0 Å². The van der Waals surface area contributed by atoms with Gasteiger partial charge in [0.2, 0.25) is 16.6 Å². The number of hydrogen-bond acceptors (Lipinski definition) is 6. The summed E-state index contributed by atoms with van der Waals surface area (Å²) in [5.74, 6) is 0.526. The molecular weight excluding hydrogens is 609 g/mol. The molecule has 0 saturated carbocycles. The largest absolute Gasteiger partial charge is 0.544 e. The molecule has 0 unspecified atom stereocenters. The summed E-state index contributed by atoms with van der Waals surface area (Å²) < 4.78 is 30.9. The summed E-state index contributed by atoms with van der Waals surface area (Å²) in [6.07, 6.45) is 1.84. The van der Waals surface area contributed by atoms with E-state index in [9.17, 15) is 4.79 Å². The molecule has 0 N–H and O–H groups in total. The van der Waals surface area contributed by atoms with Gasteiger partial charge in [-0.2, -0.15) is 0 Å². The maximum atomic E-state index is 12.0. The van der Waals surface area contributed by atoms with Crippen LogP contribution in [0.1, 0.15) is 83.1 Å². The first-order valence-corrected chi connectivity index (χ1v) is 30.8. The fraction of sp³-hybridized carbons (Fsp3) is 0.903. The van der Waals surface area contributed by atoms with Crippen molar-refractivity contribution in [3.8, 4) is 0 Å². The average molecular weight is 681 g/mol. The van der Waals surface area contributed by atoms with Gasteiger partial charge in [0.25, 0.3) is 22.6 Å². The van der Waals surface area contributed by atoms with Crippen molar-refractivity contribution in [2.75, 3.05) is 6.61 Å². The Hall–Kier alpha value is -0.346. The summed E-state index contributed by atoms with van der Waals surface area (Å²) in [6, 6.07) is 13.0. The standard InChI is InChI=1S/C17H40O3Si3.C14H32O3Si2/c1-10-22(11-2,12-3)18-16-17(19-21(7,8)9)20-23(13-4,14-5)15-6;1-7-18(8-2,9-3)16-13-14(15)17-19(10-4,11-5)12-6/h16H,10-15H2,1-9H3;7-13H2,1-6H3. The monoisotopic (exact) mass is 680 g/mol. The van der Waals surface area contributed by atoms with E-state index in [0.29, 0.717) is 5.95 Å². The van der Waals surface area contributed by atoms with Gasteiger partial charge < -0.3 is 22.1 Å². The molecule has 0 rings (SSSR count). The third-order valence-electron chi connectivity index (χ3n) is 9.69. The predicted octanol–water partition coefficient (Wildman–Crippen LogP) is 11.2. The molecule has 0 aromatic carbocycles. The molecule has 0 saturated heterocycles. The highest BCUT2D eigenvalue weighted by molar-refractivity contribution is 6.76. The Morgan fingerprint density at radius 1 is 0.476 bits per heavy atom. The normalized spacial score (nSPS) is 13.3. The van der Waals surface area contributed by atoms with Crippen LogP contribution in [0.25, 0.3) is 0 Å². The Bertz CT molecular complexity index is 708. The van der Waals surface area contributed by atoms with Crippen LogP contribution in [0.15, 0.2) is 12.2 Å². The maximum absolute atomic E-state index is 12.0. The van der Waals surface area contributed by atoms with E-state index in [-0.39, 0.29) is 12.6 Å². The molecule has 0 heterocycles. The van der Waals surface area contributed by atoms with Crippen molar-refractivity contribution in [3.63, 3.8) is 0 Å². The minimum absolute atomic E-state index is 0.135. The van der Waals surface area contributed by atoms with Crippen molar-refractivity contribution < 1.29 is 26.9 Å². The second kappa shape index (κ2) is 21.4. The van der Waals surface area contributed by atoms with Gasteiger partial charge in [-0.15, -0.1) is 0 Å². The zero-order chi connectivity index (χ0) is 33.1. The van der Waals surface area contributed by atoms with Crippen LogP contribution in [-0.4, -0.2) is 54.2 Å². The zero-order valence-electron chi connectivity index (χ0n) is 30.7. The molecule has 6 nitrogen and oxygen atoms in total. The highest BCUT2D eigenvalue weighted by atomic mass is 28.4. The van der Waals surface area contributed by atoms with Gasteiger partial charge in [0.15, 0.2) is 8.32 Å². The van der Waals surface area contributed by atoms with Crippen LogP contribution in [0.3, 0.4) is 0 Å². The molecule has 11 heteroatoms. The minimum Gasteiger partial charge on any atom is -0.544 e. The van der Waals surface area contributed by atoms with Gasteiger partial charge >= 0.3 is 5.97 Å². The van der Waals surface area contributed by atoms with Crippen LogP contribution in [-0.2, 0) is 26.9 Å². The fourth-order valence-corrected chi connectivity index (χ4v) is 15.8. The third kappa shape index (κ3) is 15.1. The van der Waals surface area contributed by atoms with Crippen molar-refractivity contribution in [3.05, 3.63) is 12.2 Å². The molecule has 0 spiro atoms. The summed E-state index contributed by atoms with van der Waals surface area (Å²) in [4.78, 5) is 12.0. The SMILES string of the molecule is CC[Si](CC)(CC)OC=C(O[Si](C)(C)C)O[Si](CC)(CC)CC.CC[Si](CC)(CC)OCC(=O)O[Si](CC)(CC)CC. The van der Waals surface area contributed by atoms with E-state index in [1.54, 1.807) is 0 Å². The number of carbonyl (C=O) groups is 1. The molecule has 0 aromatic rings. The Morgan fingerprint density at radius 2 is 0.810 bits per heavy atom. The first-order valence-electron chi connectivity index (χ1n) is 17.2. The molecule has 42 heavy (non-hydrogen) atoms. The van der Waals surface area contributed by atoms with Crippen LogP contribution in [0, 0.1) is 0 Å². The predicted molar refractivity (Wildman–Crippen MR) is 196 cm³/mol. The summed E-state index contributed by atoms with van der Waals surface area (Å²) in [5.41, 5.74) is 0. The van der Waals surface area contributed by atoms with Gasteiger partial charge in [-0.1, -0.05) is 83.1 Å². The second-order valence-corrected chi connectivity index (χ2v) is 35.9. The van der Waals surface area contributed by atoms with Crippen molar-refractivity contribution in [2.24, 2.45) is 0 Å². The maximum Gasteiger partial charge on any atom is 0.317 e. The molecule has 0 atom stereocenters. The lowest BCUT2D eigenvalue weighted by Gasteiger charge is -2.34. The quantitative estimate of drug-likeness (QED) is 0.0837. The average Bonchev–Trinajstić information content (AvgIpc) is 3.00. The van der Waals surface area contributed by atoms with Crippen LogP contribution in [0.2, 0.25) is 92.2 Å². The first kappa shape index (κ1) is 43.8. The molecule has 0 aromatic heterocycles. The lowest BCUT2D eigenvalue weighted by atomic mass is 10.8. The van der Waals surface area contributed by atoms with Crippen LogP contribution in [0.4, 0.5) is 0 Å². The van der Waals surface area contributed by atoms with Gasteiger partial charge in [0.1, 0.15) is 12.9 Å². The highest BCUT2D eigenvalue weighted by Crippen LogP contribution is 2.29. The summed E-state index contributed by atoms with van der Waals surface area (Å²) in [7, 11) is -8.62. The number of carbonyl (C=O) groups excluding carboxylic acids is 1. The lowest BCUT2D eigenvalue weighted by molar-refractivity contribution is -0.137. The molecule has 0 amide bonds. The Labute approximate surface area is 267 Å². The molecule has 0 aliphatic rings. The fourth-order valence-electron chi connectivity index (χ4n) is 5.23. The zero-order valence-corrected chi connectivity index (χ0v) is 35.7. The highest BCUT2D eigenvalue weighted by Gasteiger charge is 2.36. The molecule has 0 aliphatic heterocycles. The second-order valence-electron chi connectivity index (χ2n) is 12.6. The van der Waals surface area contributed by atoms with Crippen molar-refractivity contribution in [1.29, 1.82) is 0 Å². The summed E-state index contributed by atoms with van der Waals surface area (Å²) in [5, 5.41) is 0. The van der Waals surface area contributed by atoms with E-state index >= 15 is 0 Å². The van der Waals surface area contributed by atoms with Crippen molar-refractivity contribution in [1.82, 2.24) is 0 Å². The van der Waals surface area contributed by atoms with Gasteiger partial charge in [0, 0.05) is 0 Å². The number of rotatable bonds is 22. The van der Waals surface area contributed by atoms with E-state index in [0.717, 1.165) is 72.5 Å². The summed E-state index contributed by atoms with van der Waals surface area (Å²) in [6.45, 7) is 33.2. The summed E-state index contributed by atoms with van der Waals surface area (Å²) >= 11 is 0. The number of hydrogen-bond donors (Lipinski definition) is 0. The molecule has 0 radical (unpaired) electrons. The Balaban J connectivity index is 0. The topological polar surface area (TPSA) is 63.2 Å². The molecular formula is C31H72O6Si5. The van der Waals surface area contributed by atoms with E-state index in [1.165, 1.54) is 0 Å². The molecule has 0 fully saturated rings. The van der Waals surface area contributed by atoms with Crippen LogP contribution >= 0.6 is 0 Å².